The van der Waals surface area contributed by atoms with Crippen LogP contribution >= 0.6 is 0 Å². The maximum absolute atomic E-state index is 14.9. The number of halogens is 7. The Kier molecular flexibility index (Phi) is 5.90. The molecule has 1 aliphatic carbocycles. The Balaban J connectivity index is 2.18. The number of ether oxygens (including phenoxy) is 1. The van der Waals surface area contributed by atoms with Crippen LogP contribution in [0.4, 0.5) is 30.7 Å². The fourth-order valence-electron chi connectivity index (χ4n) is 3.70. The highest BCUT2D eigenvalue weighted by Crippen LogP contribution is 2.44. The van der Waals surface area contributed by atoms with Crippen LogP contribution < -0.4 is 16.2 Å². The molecule has 0 fully saturated rings. The van der Waals surface area contributed by atoms with Crippen LogP contribution in [-0.2, 0) is 9.59 Å². The number of rotatable bonds is 5. The first-order valence-electron chi connectivity index (χ1n) is 8.88. The number of hydrogen-bond donors (Lipinski definition) is 2. The molecule has 170 valence electrons. The summed E-state index contributed by atoms with van der Waals surface area (Å²) in [6.07, 6.45) is -5.61. The van der Waals surface area contributed by atoms with Gasteiger partial charge in [0.15, 0.2) is 23.3 Å². The molecule has 0 aromatic heterocycles. The van der Waals surface area contributed by atoms with Crippen molar-refractivity contribution >= 4 is 11.8 Å². The monoisotopic (exact) mass is 462 g/mol. The molecule has 3 rings (SSSR count). The number of hydrogen-bond acceptors (Lipinski definition) is 3. The Morgan fingerprint density at radius 2 is 1.53 bits per heavy atom. The Bertz CT molecular complexity index is 1130. The van der Waals surface area contributed by atoms with Crippen molar-refractivity contribution in [2.45, 2.75) is 25.1 Å². The molecule has 0 saturated heterocycles. The average molecular weight is 462 g/mol. The van der Waals surface area contributed by atoms with Crippen molar-refractivity contribution in [3.8, 4) is 16.9 Å². The summed E-state index contributed by atoms with van der Waals surface area (Å²) in [4.78, 5) is 23.2. The third kappa shape index (κ3) is 4.12. The van der Waals surface area contributed by atoms with Crippen molar-refractivity contribution in [3.05, 3.63) is 64.2 Å². The average Bonchev–Trinajstić information content (AvgIpc) is 3.11. The molecule has 12 heteroatoms. The van der Waals surface area contributed by atoms with E-state index in [1.165, 1.54) is 0 Å². The summed E-state index contributed by atoms with van der Waals surface area (Å²) in [6.45, 7) is 0. The number of carbonyl (C=O) groups is 2. The first kappa shape index (κ1) is 23.1. The molecule has 0 saturated carbocycles. The minimum Gasteiger partial charge on any atom is -0.406 e. The zero-order valence-electron chi connectivity index (χ0n) is 15.8. The fourth-order valence-corrected chi connectivity index (χ4v) is 3.70. The van der Waals surface area contributed by atoms with Crippen molar-refractivity contribution in [2.24, 2.45) is 11.5 Å². The van der Waals surface area contributed by atoms with Crippen LogP contribution in [0.5, 0.6) is 5.75 Å². The van der Waals surface area contributed by atoms with E-state index in [1.807, 2.05) is 0 Å². The molecule has 2 aromatic carbocycles. The molecule has 0 heterocycles. The number of amides is 2. The smallest absolute Gasteiger partial charge is 0.406 e. The summed E-state index contributed by atoms with van der Waals surface area (Å²) in [7, 11) is 0. The molecule has 5 nitrogen and oxygen atoms in total. The Morgan fingerprint density at radius 3 is 2.03 bits per heavy atom. The van der Waals surface area contributed by atoms with Gasteiger partial charge in [0.25, 0.3) is 0 Å². The van der Waals surface area contributed by atoms with Crippen LogP contribution in [-0.4, -0.2) is 18.2 Å². The molecule has 0 spiro atoms. The van der Waals surface area contributed by atoms with Gasteiger partial charge in [0, 0.05) is 22.6 Å². The van der Waals surface area contributed by atoms with E-state index in [-0.39, 0.29) is 18.4 Å². The van der Waals surface area contributed by atoms with Gasteiger partial charge < -0.3 is 16.2 Å². The molecule has 0 aliphatic heterocycles. The molecule has 2 aromatic rings. The maximum Gasteiger partial charge on any atom is 0.573 e. The van der Waals surface area contributed by atoms with E-state index in [9.17, 15) is 40.3 Å². The summed E-state index contributed by atoms with van der Waals surface area (Å²) in [5.74, 6) is -12.4. The molecular formula is C20H13F7N2O3. The lowest BCUT2D eigenvalue weighted by atomic mass is 9.88. The van der Waals surface area contributed by atoms with Crippen molar-refractivity contribution in [3.63, 3.8) is 0 Å². The molecular weight excluding hydrogens is 449 g/mol. The van der Waals surface area contributed by atoms with Gasteiger partial charge in [0.1, 0.15) is 5.75 Å². The van der Waals surface area contributed by atoms with Crippen molar-refractivity contribution in [2.75, 3.05) is 0 Å². The van der Waals surface area contributed by atoms with E-state index in [0.717, 1.165) is 18.2 Å². The number of carbonyl (C=O) groups excluding carboxylic acids is 2. The summed E-state index contributed by atoms with van der Waals surface area (Å²) < 4.78 is 100. The number of benzene rings is 2. The van der Waals surface area contributed by atoms with Gasteiger partial charge in [-0.2, -0.15) is 0 Å². The number of nitrogens with two attached hydrogens (primary N) is 2. The van der Waals surface area contributed by atoms with Gasteiger partial charge in [-0.05, 0) is 30.5 Å². The van der Waals surface area contributed by atoms with Crippen LogP contribution in [0.1, 0.15) is 24.3 Å². The molecule has 1 aliphatic rings. The van der Waals surface area contributed by atoms with Gasteiger partial charge in [0.2, 0.25) is 11.8 Å². The molecule has 2 amide bonds. The molecule has 32 heavy (non-hydrogen) atoms. The van der Waals surface area contributed by atoms with Gasteiger partial charge in [-0.15, -0.1) is 13.2 Å². The van der Waals surface area contributed by atoms with Gasteiger partial charge in [-0.1, -0.05) is 12.1 Å². The van der Waals surface area contributed by atoms with Crippen LogP contribution in [0.25, 0.3) is 11.1 Å². The summed E-state index contributed by atoms with van der Waals surface area (Å²) in [6, 6.07) is 3.21. The van der Waals surface area contributed by atoms with Crippen LogP contribution in [0.2, 0.25) is 0 Å². The highest BCUT2D eigenvalue weighted by Gasteiger charge is 2.39. The lowest BCUT2D eigenvalue weighted by Gasteiger charge is -2.18. The Labute approximate surface area is 175 Å². The predicted octanol–water partition coefficient (Wildman–Crippen LogP) is 3.95. The largest absolute Gasteiger partial charge is 0.573 e. The van der Waals surface area contributed by atoms with E-state index in [1.54, 1.807) is 0 Å². The second kappa shape index (κ2) is 8.17. The first-order chi connectivity index (χ1) is 14.8. The normalized spacial score (nSPS) is 16.4. The van der Waals surface area contributed by atoms with E-state index in [4.69, 9.17) is 11.5 Å². The van der Waals surface area contributed by atoms with Gasteiger partial charge >= 0.3 is 6.36 Å². The lowest BCUT2D eigenvalue weighted by Crippen LogP contribution is -2.23. The molecule has 0 radical (unpaired) electrons. The second-order valence-electron chi connectivity index (χ2n) is 6.83. The zero-order chi connectivity index (χ0) is 24.0. The minimum atomic E-state index is -5.12. The fraction of sp³-hybridized carbons (Fsp3) is 0.200. The number of primary amides is 2. The second-order valence-corrected chi connectivity index (χ2v) is 6.83. The predicted molar refractivity (Wildman–Crippen MR) is 95.8 cm³/mol. The highest BCUT2D eigenvalue weighted by atomic mass is 19.4. The lowest BCUT2D eigenvalue weighted by molar-refractivity contribution is -0.274. The minimum absolute atomic E-state index is 0.209. The topological polar surface area (TPSA) is 95.4 Å². The Hall–Kier alpha value is -3.57. The van der Waals surface area contributed by atoms with Crippen LogP contribution in [0.15, 0.2) is 35.4 Å². The van der Waals surface area contributed by atoms with E-state index >= 15 is 0 Å². The third-order valence-electron chi connectivity index (χ3n) is 4.92. The van der Waals surface area contributed by atoms with Crippen molar-refractivity contribution in [1.82, 2.24) is 0 Å². The van der Waals surface area contributed by atoms with E-state index in [2.05, 4.69) is 4.74 Å². The van der Waals surface area contributed by atoms with Crippen molar-refractivity contribution < 1.29 is 45.1 Å². The standard InChI is InChI=1S/C20H13F7N2O3/c21-14-11(7-2-1-3-8(6-7)32-20(25,26)27)15(22)17(24)13(16(14)23)9-4-5-10(18(28)30)12(9)19(29)31/h1-3,6,9H,4-5H2,(H2,28,30)(H2,29,31). The number of alkyl halides is 3. The molecule has 0 bridgehead atoms. The highest BCUT2D eigenvalue weighted by molar-refractivity contribution is 6.05. The van der Waals surface area contributed by atoms with Gasteiger partial charge in [0.05, 0.1) is 5.56 Å². The Morgan fingerprint density at radius 1 is 0.938 bits per heavy atom. The first-order valence-corrected chi connectivity index (χ1v) is 8.88. The summed E-state index contributed by atoms with van der Waals surface area (Å²) >= 11 is 0. The van der Waals surface area contributed by atoms with Crippen LogP contribution in [0, 0.1) is 23.3 Å². The summed E-state index contributed by atoms with van der Waals surface area (Å²) in [5.41, 5.74) is 6.31. The van der Waals surface area contributed by atoms with Crippen molar-refractivity contribution in [1.29, 1.82) is 0 Å². The third-order valence-corrected chi connectivity index (χ3v) is 4.92. The quantitative estimate of drug-likeness (QED) is 0.520. The van der Waals surface area contributed by atoms with Gasteiger partial charge in [-0.25, -0.2) is 17.6 Å². The molecule has 1 atom stereocenters. The summed E-state index contributed by atoms with van der Waals surface area (Å²) in [5, 5.41) is 0. The maximum atomic E-state index is 14.9. The zero-order valence-corrected chi connectivity index (χ0v) is 15.8. The molecule has 1 unspecified atom stereocenters. The molecule has 4 N–H and O–H groups in total. The van der Waals surface area contributed by atoms with E-state index < -0.39 is 75.4 Å². The van der Waals surface area contributed by atoms with Gasteiger partial charge in [-0.3, -0.25) is 9.59 Å². The van der Waals surface area contributed by atoms with Crippen LogP contribution in [0.3, 0.4) is 0 Å². The van der Waals surface area contributed by atoms with E-state index in [0.29, 0.717) is 6.07 Å². The SMILES string of the molecule is NC(=O)C1=C(C(N)=O)C(c2c(F)c(F)c(-c3cccc(OC(F)(F)F)c3)c(F)c2F)CC1.